The van der Waals surface area contributed by atoms with Crippen LogP contribution in [-0.4, -0.2) is 15.0 Å². The number of benzene rings is 1. The normalized spacial score (nSPS) is 12.5. The van der Waals surface area contributed by atoms with Gasteiger partial charge in [0.05, 0.1) is 27.9 Å². The fraction of sp³-hybridized carbons (Fsp3) is 0.143. The summed E-state index contributed by atoms with van der Waals surface area (Å²) in [6.07, 6.45) is 3.34. The first-order valence-corrected chi connectivity index (χ1v) is 6.59. The Bertz CT molecular complexity index is 808. The maximum atomic E-state index is 11.3. The van der Waals surface area contributed by atoms with E-state index in [9.17, 15) is 4.79 Å². The molecule has 2 aromatic heterocycles. The number of hydrogen-bond donors (Lipinski definition) is 3. The van der Waals surface area contributed by atoms with Crippen molar-refractivity contribution in [2.45, 2.75) is 13.0 Å². The highest BCUT2D eigenvalue weighted by Gasteiger charge is 2.09. The molecule has 0 amide bonds. The van der Waals surface area contributed by atoms with E-state index in [0.717, 1.165) is 22.3 Å². The van der Waals surface area contributed by atoms with Crippen LogP contribution < -0.4 is 11.0 Å². The molecule has 3 rings (SSSR count). The summed E-state index contributed by atoms with van der Waals surface area (Å²) >= 11 is 6.10. The highest BCUT2D eigenvalue weighted by atomic mass is 35.5. The minimum absolute atomic E-state index is 0.0412. The predicted octanol–water partition coefficient (Wildman–Crippen LogP) is 3.08. The summed E-state index contributed by atoms with van der Waals surface area (Å²) in [6, 6.07) is 7.57. The summed E-state index contributed by atoms with van der Waals surface area (Å²) in [6.45, 7) is 2.02. The molecule has 0 aliphatic rings. The van der Waals surface area contributed by atoms with E-state index >= 15 is 0 Å². The zero-order valence-electron chi connectivity index (χ0n) is 10.8. The average Bonchev–Trinajstić information content (AvgIpc) is 2.80. The van der Waals surface area contributed by atoms with E-state index in [1.807, 2.05) is 25.1 Å². The van der Waals surface area contributed by atoms with Crippen molar-refractivity contribution < 1.29 is 0 Å². The minimum Gasteiger partial charge on any atom is -0.376 e. The highest BCUT2D eigenvalue weighted by Crippen LogP contribution is 2.25. The van der Waals surface area contributed by atoms with Crippen LogP contribution in [0.25, 0.3) is 11.0 Å². The molecule has 1 aromatic carbocycles. The van der Waals surface area contributed by atoms with Gasteiger partial charge in [-0.25, -0.2) is 4.79 Å². The fourth-order valence-electron chi connectivity index (χ4n) is 2.12. The van der Waals surface area contributed by atoms with Crippen LogP contribution >= 0.6 is 11.6 Å². The van der Waals surface area contributed by atoms with Gasteiger partial charge in [-0.05, 0) is 30.7 Å². The summed E-state index contributed by atoms with van der Waals surface area (Å²) in [4.78, 5) is 20.8. The predicted molar refractivity (Wildman–Crippen MR) is 80.2 cm³/mol. The lowest BCUT2D eigenvalue weighted by Crippen LogP contribution is -2.07. The smallest absolute Gasteiger partial charge is 0.323 e. The van der Waals surface area contributed by atoms with Gasteiger partial charge in [0.1, 0.15) is 0 Å². The van der Waals surface area contributed by atoms with Crippen LogP contribution in [-0.2, 0) is 0 Å². The highest BCUT2D eigenvalue weighted by molar-refractivity contribution is 6.33. The van der Waals surface area contributed by atoms with Crippen molar-refractivity contribution in [3.63, 3.8) is 0 Å². The van der Waals surface area contributed by atoms with Gasteiger partial charge in [-0.15, -0.1) is 0 Å². The molecule has 0 bridgehead atoms. The van der Waals surface area contributed by atoms with Crippen LogP contribution in [0.4, 0.5) is 5.69 Å². The molecule has 0 spiro atoms. The van der Waals surface area contributed by atoms with Gasteiger partial charge in [0, 0.05) is 12.2 Å². The van der Waals surface area contributed by atoms with E-state index in [1.165, 1.54) is 0 Å². The molecule has 0 saturated carbocycles. The van der Waals surface area contributed by atoms with E-state index < -0.39 is 0 Å². The van der Waals surface area contributed by atoms with Gasteiger partial charge in [-0.2, -0.15) is 0 Å². The summed E-state index contributed by atoms with van der Waals surface area (Å²) in [5.41, 5.74) is 3.22. The van der Waals surface area contributed by atoms with Crippen LogP contribution in [0.2, 0.25) is 5.02 Å². The molecule has 0 fully saturated rings. The van der Waals surface area contributed by atoms with Crippen molar-refractivity contribution in [3.05, 3.63) is 57.7 Å². The van der Waals surface area contributed by atoms with Gasteiger partial charge >= 0.3 is 5.69 Å². The summed E-state index contributed by atoms with van der Waals surface area (Å²) in [5.74, 6) is 0. The number of halogens is 1. The number of aromatic nitrogens is 3. The monoisotopic (exact) mass is 288 g/mol. The molecule has 102 valence electrons. The second-order valence-corrected chi connectivity index (χ2v) is 5.01. The Morgan fingerprint density at radius 2 is 2.05 bits per heavy atom. The van der Waals surface area contributed by atoms with Gasteiger partial charge in [-0.3, -0.25) is 4.98 Å². The molecule has 3 N–H and O–H groups in total. The quantitative estimate of drug-likeness (QED) is 0.693. The topological polar surface area (TPSA) is 73.6 Å². The molecule has 6 heteroatoms. The number of anilines is 1. The number of H-pyrrole nitrogens is 2. The summed E-state index contributed by atoms with van der Waals surface area (Å²) in [5, 5.41) is 3.93. The Hall–Kier alpha value is -2.27. The largest absolute Gasteiger partial charge is 0.376 e. The lowest BCUT2D eigenvalue weighted by molar-refractivity contribution is 0.884. The third-order valence-electron chi connectivity index (χ3n) is 3.18. The summed E-state index contributed by atoms with van der Waals surface area (Å²) in [7, 11) is 0. The van der Waals surface area contributed by atoms with Crippen LogP contribution in [0.1, 0.15) is 18.5 Å². The Morgan fingerprint density at radius 1 is 1.25 bits per heavy atom. The molecule has 20 heavy (non-hydrogen) atoms. The Balaban J connectivity index is 1.90. The van der Waals surface area contributed by atoms with E-state index in [0.29, 0.717) is 5.02 Å². The number of fused-ring (bicyclic) bond motifs is 1. The van der Waals surface area contributed by atoms with Crippen LogP contribution in [0.15, 0.2) is 41.5 Å². The molecular weight excluding hydrogens is 276 g/mol. The fourth-order valence-corrected chi connectivity index (χ4v) is 2.28. The van der Waals surface area contributed by atoms with Crippen molar-refractivity contribution in [2.75, 3.05) is 5.32 Å². The van der Waals surface area contributed by atoms with Crippen molar-refractivity contribution in [3.8, 4) is 0 Å². The zero-order valence-corrected chi connectivity index (χ0v) is 11.5. The maximum Gasteiger partial charge on any atom is 0.323 e. The third kappa shape index (κ3) is 2.40. The van der Waals surface area contributed by atoms with Crippen LogP contribution in [0.3, 0.4) is 0 Å². The van der Waals surface area contributed by atoms with Gasteiger partial charge < -0.3 is 15.3 Å². The molecule has 1 unspecified atom stereocenters. The second kappa shape index (κ2) is 5.02. The van der Waals surface area contributed by atoms with E-state index in [-0.39, 0.29) is 11.7 Å². The average molecular weight is 289 g/mol. The number of pyridine rings is 1. The van der Waals surface area contributed by atoms with Gasteiger partial charge in [0.2, 0.25) is 0 Å². The lowest BCUT2D eigenvalue weighted by Gasteiger charge is -2.16. The van der Waals surface area contributed by atoms with Crippen molar-refractivity contribution in [2.24, 2.45) is 0 Å². The minimum atomic E-state index is -0.201. The number of rotatable bonds is 3. The molecule has 1 atom stereocenters. The second-order valence-electron chi connectivity index (χ2n) is 4.61. The maximum absolute atomic E-state index is 11.3. The zero-order chi connectivity index (χ0) is 14.1. The first-order chi connectivity index (χ1) is 9.63. The van der Waals surface area contributed by atoms with E-state index in [1.54, 1.807) is 18.5 Å². The van der Waals surface area contributed by atoms with E-state index in [4.69, 9.17) is 11.6 Å². The number of aromatic amines is 2. The third-order valence-corrected chi connectivity index (χ3v) is 3.51. The molecule has 5 nitrogen and oxygen atoms in total. The number of nitrogens with zero attached hydrogens (tertiary/aromatic N) is 1. The number of hydrogen-bond acceptors (Lipinski definition) is 3. The first-order valence-electron chi connectivity index (χ1n) is 6.21. The van der Waals surface area contributed by atoms with Gasteiger partial charge in [0.15, 0.2) is 0 Å². The Labute approximate surface area is 120 Å². The molecular formula is C14H13ClN4O. The standard InChI is InChI=1S/C14H13ClN4O/c1-8(17-13-7-16-5-4-10(13)15)9-2-3-11-12(6-9)19-14(20)18-11/h2-8,17H,1H3,(H2,18,19,20). The lowest BCUT2D eigenvalue weighted by atomic mass is 10.1. The Morgan fingerprint density at radius 3 is 2.85 bits per heavy atom. The molecule has 0 radical (unpaired) electrons. The molecule has 0 aliphatic heterocycles. The Kier molecular flexibility index (Phi) is 3.20. The first kappa shape index (κ1) is 12.7. The number of nitrogens with one attached hydrogen (secondary N) is 3. The van der Waals surface area contributed by atoms with Crippen LogP contribution in [0.5, 0.6) is 0 Å². The molecule has 2 heterocycles. The van der Waals surface area contributed by atoms with Crippen molar-refractivity contribution >= 4 is 28.3 Å². The van der Waals surface area contributed by atoms with Crippen molar-refractivity contribution in [1.82, 2.24) is 15.0 Å². The van der Waals surface area contributed by atoms with Crippen LogP contribution in [0, 0.1) is 0 Å². The van der Waals surface area contributed by atoms with Crippen molar-refractivity contribution in [1.29, 1.82) is 0 Å². The van der Waals surface area contributed by atoms with Gasteiger partial charge in [0.25, 0.3) is 0 Å². The SMILES string of the molecule is CC(Nc1cnccc1Cl)c1ccc2[nH]c(=O)[nH]c2c1. The van der Waals surface area contributed by atoms with Gasteiger partial charge in [-0.1, -0.05) is 17.7 Å². The van der Waals surface area contributed by atoms with E-state index in [2.05, 4.69) is 20.3 Å². The summed E-state index contributed by atoms with van der Waals surface area (Å²) < 4.78 is 0. The molecule has 3 aromatic rings. The molecule has 0 aliphatic carbocycles. The molecule has 0 saturated heterocycles. The number of imidazole rings is 1.